The predicted molar refractivity (Wildman–Crippen MR) is 81.1 cm³/mol. The monoisotopic (exact) mass is 377 g/mol. The number of alkyl halides is 3. The van der Waals surface area contributed by atoms with Crippen LogP contribution in [0, 0.1) is 17.5 Å². The summed E-state index contributed by atoms with van der Waals surface area (Å²) in [6.07, 6.45) is -4.78. The molecule has 0 aliphatic heterocycles. The molecule has 0 fully saturated rings. The molecule has 26 heavy (non-hydrogen) atoms. The van der Waals surface area contributed by atoms with Gasteiger partial charge in [0.2, 0.25) is 5.91 Å². The first-order valence-corrected chi connectivity index (χ1v) is 7.41. The fraction of sp³-hybridized carbons (Fsp3) is 0.235. The van der Waals surface area contributed by atoms with Gasteiger partial charge in [0.25, 0.3) is 0 Å². The van der Waals surface area contributed by atoms with Crippen molar-refractivity contribution >= 4 is 11.6 Å². The van der Waals surface area contributed by atoms with Gasteiger partial charge in [0.15, 0.2) is 11.6 Å². The molecule has 0 aromatic heterocycles. The molecule has 0 heterocycles. The summed E-state index contributed by atoms with van der Waals surface area (Å²) in [4.78, 5) is 11.7. The van der Waals surface area contributed by atoms with Crippen molar-refractivity contribution in [2.45, 2.75) is 19.0 Å². The number of anilines is 1. The third kappa shape index (κ3) is 5.40. The van der Waals surface area contributed by atoms with Crippen LogP contribution in [0.1, 0.15) is 18.4 Å². The van der Waals surface area contributed by atoms with Gasteiger partial charge in [-0.15, -0.1) is 0 Å². The van der Waals surface area contributed by atoms with Crippen LogP contribution < -0.4 is 10.1 Å². The molecular weight excluding hydrogens is 364 g/mol. The number of carbonyl (C=O) groups is 1. The van der Waals surface area contributed by atoms with Gasteiger partial charge in [-0.2, -0.15) is 13.2 Å². The van der Waals surface area contributed by atoms with Gasteiger partial charge in [-0.3, -0.25) is 4.79 Å². The van der Waals surface area contributed by atoms with Gasteiger partial charge in [-0.25, -0.2) is 13.2 Å². The summed E-state index contributed by atoms with van der Waals surface area (Å²) < 4.78 is 82.4. The van der Waals surface area contributed by atoms with Crippen molar-refractivity contribution in [2.75, 3.05) is 11.9 Å². The van der Waals surface area contributed by atoms with Crippen molar-refractivity contribution in [1.29, 1.82) is 0 Å². The first-order valence-electron chi connectivity index (χ1n) is 7.41. The maximum absolute atomic E-state index is 13.5. The van der Waals surface area contributed by atoms with E-state index in [1.54, 1.807) is 0 Å². The van der Waals surface area contributed by atoms with Crippen molar-refractivity contribution in [3.05, 3.63) is 59.4 Å². The number of rotatable bonds is 6. The minimum atomic E-state index is -4.67. The van der Waals surface area contributed by atoms with E-state index in [0.29, 0.717) is 24.3 Å². The van der Waals surface area contributed by atoms with E-state index >= 15 is 0 Å². The Morgan fingerprint density at radius 1 is 1.00 bits per heavy atom. The normalized spacial score (nSPS) is 11.3. The van der Waals surface area contributed by atoms with Gasteiger partial charge >= 0.3 is 6.18 Å². The van der Waals surface area contributed by atoms with Crippen LogP contribution in [0.5, 0.6) is 5.75 Å². The molecular formula is C17H13F6NO2. The zero-order valence-corrected chi connectivity index (χ0v) is 13.2. The summed E-state index contributed by atoms with van der Waals surface area (Å²) >= 11 is 0. The number of halogens is 6. The Morgan fingerprint density at radius 3 is 2.38 bits per heavy atom. The van der Waals surface area contributed by atoms with Crippen molar-refractivity contribution in [3.8, 4) is 5.75 Å². The maximum atomic E-state index is 13.5. The summed E-state index contributed by atoms with van der Waals surface area (Å²) in [6, 6.07) is 4.40. The summed E-state index contributed by atoms with van der Waals surface area (Å²) in [5, 5.41) is 2.05. The van der Waals surface area contributed by atoms with E-state index in [1.807, 2.05) is 5.32 Å². The lowest BCUT2D eigenvalue weighted by atomic mass is 10.2. The van der Waals surface area contributed by atoms with Crippen LogP contribution >= 0.6 is 0 Å². The number of hydrogen-bond acceptors (Lipinski definition) is 2. The van der Waals surface area contributed by atoms with E-state index in [0.717, 1.165) is 12.1 Å². The summed E-state index contributed by atoms with van der Waals surface area (Å²) in [7, 11) is 0. The molecule has 0 atom stereocenters. The highest BCUT2D eigenvalue weighted by molar-refractivity contribution is 5.90. The molecule has 0 bridgehead atoms. The standard InChI is InChI=1S/C17H13F6NO2/c18-11-4-6-15(13(20)9-11)26-7-1-2-16(25)24-14-8-10(17(21,22)23)3-5-12(14)19/h3-6,8-9H,1-2,7H2,(H,24,25). The molecule has 140 valence electrons. The number of hydrogen-bond donors (Lipinski definition) is 1. The highest BCUT2D eigenvalue weighted by atomic mass is 19.4. The number of amides is 1. The zero-order chi connectivity index (χ0) is 19.3. The molecule has 0 saturated carbocycles. The van der Waals surface area contributed by atoms with Crippen LogP contribution in [0.15, 0.2) is 36.4 Å². The Kier molecular flexibility index (Phi) is 6.12. The highest BCUT2D eigenvalue weighted by Crippen LogP contribution is 2.31. The largest absolute Gasteiger partial charge is 0.491 e. The van der Waals surface area contributed by atoms with Gasteiger partial charge < -0.3 is 10.1 Å². The zero-order valence-electron chi connectivity index (χ0n) is 13.2. The summed E-state index contributed by atoms with van der Waals surface area (Å²) in [6.45, 7) is -0.0962. The Bertz CT molecular complexity index is 791. The van der Waals surface area contributed by atoms with Crippen molar-refractivity contribution in [2.24, 2.45) is 0 Å². The molecule has 2 aromatic rings. The smallest absolute Gasteiger partial charge is 0.416 e. The molecule has 0 spiro atoms. The SMILES string of the molecule is O=C(CCCOc1ccc(F)cc1F)Nc1cc(C(F)(F)F)ccc1F. The van der Waals surface area contributed by atoms with Crippen molar-refractivity contribution < 1.29 is 35.9 Å². The molecule has 0 aliphatic rings. The summed E-state index contributed by atoms with van der Waals surface area (Å²) in [5.74, 6) is -3.60. The van der Waals surface area contributed by atoms with E-state index in [-0.39, 0.29) is 25.2 Å². The first-order chi connectivity index (χ1) is 12.2. The third-order valence-electron chi connectivity index (χ3n) is 3.27. The molecule has 3 nitrogen and oxygen atoms in total. The second-order valence-electron chi connectivity index (χ2n) is 5.27. The molecule has 0 aliphatic carbocycles. The van der Waals surface area contributed by atoms with Crippen LogP contribution in [-0.2, 0) is 11.0 Å². The van der Waals surface area contributed by atoms with Crippen molar-refractivity contribution in [3.63, 3.8) is 0 Å². The molecule has 2 rings (SSSR count). The number of carbonyl (C=O) groups excluding carboxylic acids is 1. The average molecular weight is 377 g/mol. The molecule has 0 unspecified atom stereocenters. The van der Waals surface area contributed by atoms with E-state index in [4.69, 9.17) is 4.74 Å². The third-order valence-corrected chi connectivity index (χ3v) is 3.27. The lowest BCUT2D eigenvalue weighted by Gasteiger charge is -2.11. The van der Waals surface area contributed by atoms with Gasteiger partial charge in [-0.1, -0.05) is 0 Å². The molecule has 0 saturated heterocycles. The molecule has 0 radical (unpaired) electrons. The molecule has 1 N–H and O–H groups in total. The second-order valence-corrected chi connectivity index (χ2v) is 5.27. The lowest BCUT2D eigenvalue weighted by molar-refractivity contribution is -0.137. The van der Waals surface area contributed by atoms with Crippen LogP contribution in [-0.4, -0.2) is 12.5 Å². The maximum Gasteiger partial charge on any atom is 0.416 e. The average Bonchev–Trinajstić information content (AvgIpc) is 2.54. The quantitative estimate of drug-likeness (QED) is 0.573. The van der Waals surface area contributed by atoms with E-state index < -0.39 is 40.8 Å². The Morgan fingerprint density at radius 2 is 1.73 bits per heavy atom. The van der Waals surface area contributed by atoms with Gasteiger partial charge in [0.1, 0.15) is 11.6 Å². The fourth-order valence-electron chi connectivity index (χ4n) is 2.02. The van der Waals surface area contributed by atoms with E-state index in [2.05, 4.69) is 0 Å². The van der Waals surface area contributed by atoms with Gasteiger partial charge in [0, 0.05) is 12.5 Å². The molecule has 1 amide bonds. The van der Waals surface area contributed by atoms with Crippen molar-refractivity contribution in [1.82, 2.24) is 0 Å². The number of ether oxygens (including phenoxy) is 1. The Hall–Kier alpha value is -2.71. The predicted octanol–water partition coefficient (Wildman–Crippen LogP) is 4.92. The highest BCUT2D eigenvalue weighted by Gasteiger charge is 2.31. The molecule has 2 aromatic carbocycles. The second kappa shape index (κ2) is 8.11. The van der Waals surface area contributed by atoms with E-state index in [1.165, 1.54) is 0 Å². The fourth-order valence-corrected chi connectivity index (χ4v) is 2.02. The topological polar surface area (TPSA) is 38.3 Å². The minimum Gasteiger partial charge on any atom is -0.491 e. The van der Waals surface area contributed by atoms with Gasteiger partial charge in [0.05, 0.1) is 17.9 Å². The Labute approximate surface area is 144 Å². The number of benzene rings is 2. The van der Waals surface area contributed by atoms with Crippen LogP contribution in [0.3, 0.4) is 0 Å². The Balaban J connectivity index is 1.85. The van der Waals surface area contributed by atoms with Gasteiger partial charge in [-0.05, 0) is 36.8 Å². The van der Waals surface area contributed by atoms with Crippen LogP contribution in [0.2, 0.25) is 0 Å². The lowest BCUT2D eigenvalue weighted by Crippen LogP contribution is -2.15. The van der Waals surface area contributed by atoms with Crippen LogP contribution in [0.25, 0.3) is 0 Å². The first kappa shape index (κ1) is 19.6. The number of nitrogens with one attached hydrogen (secondary N) is 1. The van der Waals surface area contributed by atoms with E-state index in [9.17, 15) is 31.1 Å². The van der Waals surface area contributed by atoms with Crippen LogP contribution in [0.4, 0.5) is 32.0 Å². The summed E-state index contributed by atoms with van der Waals surface area (Å²) in [5.41, 5.74) is -1.68. The molecule has 9 heteroatoms. The minimum absolute atomic E-state index is 0.0865.